The molecular formula is C21H25ClN2O. The summed E-state index contributed by atoms with van der Waals surface area (Å²) in [4.78, 5) is 16.8. The van der Waals surface area contributed by atoms with Gasteiger partial charge in [-0.2, -0.15) is 0 Å². The highest BCUT2D eigenvalue weighted by Crippen LogP contribution is 2.25. The number of hydrogen-bond donors (Lipinski definition) is 0. The number of amides is 1. The van der Waals surface area contributed by atoms with Crippen LogP contribution < -0.4 is 4.90 Å². The minimum Gasteiger partial charge on any atom is -0.371 e. The molecule has 1 saturated heterocycles. The Balaban J connectivity index is 1.61. The zero-order valence-electron chi connectivity index (χ0n) is 14.7. The number of carbonyl (C=O) groups excluding carboxylic acids is 1. The number of benzene rings is 2. The van der Waals surface area contributed by atoms with E-state index in [0.717, 1.165) is 23.7 Å². The summed E-state index contributed by atoms with van der Waals surface area (Å²) in [6, 6.07) is 16.2. The Morgan fingerprint density at radius 3 is 2.40 bits per heavy atom. The van der Waals surface area contributed by atoms with E-state index in [0.29, 0.717) is 19.4 Å². The minimum absolute atomic E-state index is 0.149. The second-order valence-electron chi connectivity index (χ2n) is 6.66. The van der Waals surface area contributed by atoms with Crippen molar-refractivity contribution in [3.8, 4) is 0 Å². The number of nitrogens with zero attached hydrogens (tertiary/aromatic N) is 2. The van der Waals surface area contributed by atoms with Gasteiger partial charge in [0, 0.05) is 43.8 Å². The molecule has 1 fully saturated rings. The van der Waals surface area contributed by atoms with Gasteiger partial charge in [0.15, 0.2) is 0 Å². The highest BCUT2D eigenvalue weighted by Gasteiger charge is 2.17. The van der Waals surface area contributed by atoms with Gasteiger partial charge in [-0.3, -0.25) is 4.79 Å². The van der Waals surface area contributed by atoms with Crippen molar-refractivity contribution >= 4 is 23.2 Å². The summed E-state index contributed by atoms with van der Waals surface area (Å²) >= 11 is 6.18. The molecule has 0 bridgehead atoms. The van der Waals surface area contributed by atoms with Crippen molar-refractivity contribution in [1.29, 1.82) is 0 Å². The molecule has 0 aromatic heterocycles. The fourth-order valence-corrected chi connectivity index (χ4v) is 3.62. The number of halogens is 1. The number of rotatable bonds is 6. The second kappa shape index (κ2) is 8.39. The van der Waals surface area contributed by atoms with E-state index in [1.165, 1.54) is 24.1 Å². The lowest BCUT2D eigenvalue weighted by Crippen LogP contribution is -2.28. The van der Waals surface area contributed by atoms with Crippen molar-refractivity contribution in [2.75, 3.05) is 25.0 Å². The van der Waals surface area contributed by atoms with Crippen LogP contribution in [-0.2, 0) is 17.8 Å². The lowest BCUT2D eigenvalue weighted by atomic mass is 10.1. The van der Waals surface area contributed by atoms with E-state index in [4.69, 9.17) is 11.6 Å². The average molecular weight is 357 g/mol. The molecule has 1 aliphatic rings. The third kappa shape index (κ3) is 4.55. The molecular weight excluding hydrogens is 332 g/mol. The van der Waals surface area contributed by atoms with Gasteiger partial charge in [0.05, 0.1) is 0 Å². The molecule has 0 radical (unpaired) electrons. The number of anilines is 1. The highest BCUT2D eigenvalue weighted by atomic mass is 35.5. The van der Waals surface area contributed by atoms with Crippen LogP contribution in [0.25, 0.3) is 0 Å². The third-order valence-electron chi connectivity index (χ3n) is 4.84. The smallest absolute Gasteiger partial charge is 0.222 e. The Hall–Kier alpha value is -2.00. The first-order valence-electron chi connectivity index (χ1n) is 8.95. The maximum atomic E-state index is 12.5. The summed E-state index contributed by atoms with van der Waals surface area (Å²) in [5.41, 5.74) is 3.52. The quantitative estimate of drug-likeness (QED) is 0.759. The molecule has 2 aromatic rings. The number of aryl methyl sites for hydroxylation is 1. The molecule has 0 aliphatic carbocycles. The highest BCUT2D eigenvalue weighted by molar-refractivity contribution is 6.31. The Bertz CT molecular complexity index is 725. The lowest BCUT2D eigenvalue weighted by molar-refractivity contribution is -0.130. The normalized spacial score (nSPS) is 13.9. The fraction of sp³-hybridized carbons (Fsp3) is 0.381. The zero-order chi connectivity index (χ0) is 17.6. The summed E-state index contributed by atoms with van der Waals surface area (Å²) in [7, 11) is 1.88. The molecule has 0 saturated carbocycles. The summed E-state index contributed by atoms with van der Waals surface area (Å²) in [5.74, 6) is 0.149. The molecule has 0 N–H and O–H groups in total. The Labute approximate surface area is 155 Å². The molecule has 1 aliphatic heterocycles. The van der Waals surface area contributed by atoms with Crippen LogP contribution in [0.1, 0.15) is 30.4 Å². The topological polar surface area (TPSA) is 23.6 Å². The van der Waals surface area contributed by atoms with Gasteiger partial charge < -0.3 is 9.80 Å². The maximum absolute atomic E-state index is 12.5. The predicted molar refractivity (Wildman–Crippen MR) is 104 cm³/mol. The van der Waals surface area contributed by atoms with E-state index >= 15 is 0 Å². The monoisotopic (exact) mass is 356 g/mol. The van der Waals surface area contributed by atoms with E-state index in [1.807, 2.05) is 36.2 Å². The molecule has 1 heterocycles. The van der Waals surface area contributed by atoms with Gasteiger partial charge in [0.25, 0.3) is 0 Å². The van der Waals surface area contributed by atoms with Crippen molar-refractivity contribution in [2.24, 2.45) is 0 Å². The maximum Gasteiger partial charge on any atom is 0.222 e. The van der Waals surface area contributed by atoms with Gasteiger partial charge in [-0.25, -0.2) is 0 Å². The molecule has 4 heteroatoms. The van der Waals surface area contributed by atoms with Crippen LogP contribution in [0.2, 0.25) is 5.02 Å². The van der Waals surface area contributed by atoms with E-state index in [2.05, 4.69) is 29.2 Å². The molecule has 132 valence electrons. The van der Waals surface area contributed by atoms with E-state index < -0.39 is 0 Å². The summed E-state index contributed by atoms with van der Waals surface area (Å²) in [6.45, 7) is 2.87. The summed E-state index contributed by atoms with van der Waals surface area (Å²) in [6.07, 6.45) is 3.66. The zero-order valence-corrected chi connectivity index (χ0v) is 15.5. The van der Waals surface area contributed by atoms with Crippen molar-refractivity contribution < 1.29 is 4.79 Å². The van der Waals surface area contributed by atoms with Crippen LogP contribution in [0.15, 0.2) is 48.5 Å². The lowest BCUT2D eigenvalue weighted by Gasteiger charge is -2.24. The Kier molecular flexibility index (Phi) is 5.98. The first-order chi connectivity index (χ1) is 12.1. The summed E-state index contributed by atoms with van der Waals surface area (Å²) in [5, 5.41) is 0.734. The third-order valence-corrected chi connectivity index (χ3v) is 5.21. The average Bonchev–Trinajstić information content (AvgIpc) is 3.15. The van der Waals surface area contributed by atoms with Crippen LogP contribution in [0.5, 0.6) is 0 Å². The van der Waals surface area contributed by atoms with Crippen LogP contribution in [-0.4, -0.2) is 30.9 Å². The largest absolute Gasteiger partial charge is 0.371 e. The second-order valence-corrected chi connectivity index (χ2v) is 7.07. The first kappa shape index (κ1) is 17.8. The van der Waals surface area contributed by atoms with Gasteiger partial charge in [-0.1, -0.05) is 48.0 Å². The Morgan fingerprint density at radius 2 is 1.68 bits per heavy atom. The SMILES string of the molecule is CN(Cc1ccccc1N1CCCC1)C(=O)CCc1ccccc1Cl. The van der Waals surface area contributed by atoms with Gasteiger partial charge in [-0.15, -0.1) is 0 Å². The van der Waals surface area contributed by atoms with Crippen LogP contribution >= 0.6 is 11.6 Å². The molecule has 3 rings (SSSR count). The molecule has 0 spiro atoms. The summed E-state index contributed by atoms with van der Waals surface area (Å²) < 4.78 is 0. The number of para-hydroxylation sites is 1. The van der Waals surface area contributed by atoms with Crippen LogP contribution in [0.4, 0.5) is 5.69 Å². The molecule has 0 atom stereocenters. The predicted octanol–water partition coefficient (Wildman–Crippen LogP) is 4.53. The van der Waals surface area contributed by atoms with E-state index in [9.17, 15) is 4.79 Å². The molecule has 1 amide bonds. The van der Waals surface area contributed by atoms with Gasteiger partial charge in [0.1, 0.15) is 0 Å². The Morgan fingerprint density at radius 1 is 1.04 bits per heavy atom. The number of hydrogen-bond acceptors (Lipinski definition) is 2. The van der Waals surface area contributed by atoms with E-state index in [1.54, 1.807) is 0 Å². The number of carbonyl (C=O) groups is 1. The van der Waals surface area contributed by atoms with Crippen molar-refractivity contribution in [2.45, 2.75) is 32.2 Å². The van der Waals surface area contributed by atoms with Crippen LogP contribution in [0, 0.1) is 0 Å². The molecule has 3 nitrogen and oxygen atoms in total. The standard InChI is InChI=1S/C21H25ClN2O/c1-23(21(25)13-12-17-8-2-4-10-19(17)22)16-18-9-3-5-11-20(18)24-14-6-7-15-24/h2-5,8-11H,6-7,12-16H2,1H3. The van der Waals surface area contributed by atoms with Gasteiger partial charge >= 0.3 is 0 Å². The fourth-order valence-electron chi connectivity index (χ4n) is 3.39. The first-order valence-corrected chi connectivity index (χ1v) is 9.33. The van der Waals surface area contributed by atoms with Gasteiger partial charge in [0.2, 0.25) is 5.91 Å². The molecule has 2 aromatic carbocycles. The van der Waals surface area contributed by atoms with Crippen molar-refractivity contribution in [3.05, 3.63) is 64.7 Å². The molecule has 0 unspecified atom stereocenters. The van der Waals surface area contributed by atoms with E-state index in [-0.39, 0.29) is 5.91 Å². The van der Waals surface area contributed by atoms with Crippen molar-refractivity contribution in [3.63, 3.8) is 0 Å². The van der Waals surface area contributed by atoms with Gasteiger partial charge in [-0.05, 0) is 42.5 Å². The minimum atomic E-state index is 0.149. The van der Waals surface area contributed by atoms with Crippen LogP contribution in [0.3, 0.4) is 0 Å². The van der Waals surface area contributed by atoms with Crippen molar-refractivity contribution in [1.82, 2.24) is 4.90 Å². The molecule has 25 heavy (non-hydrogen) atoms.